The summed E-state index contributed by atoms with van der Waals surface area (Å²) >= 11 is 6.23. The maximum Gasteiger partial charge on any atom is 0.0702 e. The highest BCUT2D eigenvalue weighted by Gasteiger charge is 2.38. The van der Waals surface area contributed by atoms with Gasteiger partial charge in [0.1, 0.15) is 0 Å². The first-order valence-electron chi connectivity index (χ1n) is 7.42. The van der Waals surface area contributed by atoms with Crippen molar-refractivity contribution in [3.63, 3.8) is 0 Å². The van der Waals surface area contributed by atoms with Gasteiger partial charge in [0.15, 0.2) is 0 Å². The van der Waals surface area contributed by atoms with Crippen LogP contribution < -0.4 is 5.32 Å². The topological polar surface area (TPSA) is 21.3 Å². The van der Waals surface area contributed by atoms with Crippen LogP contribution in [-0.4, -0.2) is 18.2 Å². The zero-order valence-electron chi connectivity index (χ0n) is 11.3. The molecular formula is C16H22ClNO. The van der Waals surface area contributed by atoms with E-state index < -0.39 is 0 Å². The molecule has 1 heterocycles. The zero-order chi connectivity index (χ0) is 13.1. The van der Waals surface area contributed by atoms with Gasteiger partial charge in [-0.2, -0.15) is 0 Å². The molecule has 2 aliphatic rings. The predicted octanol–water partition coefficient (Wildman–Crippen LogP) is 4.63. The Bertz CT molecular complexity index is 423. The molecule has 2 fully saturated rings. The molecule has 1 aromatic rings. The average Bonchev–Trinajstić information content (AvgIpc) is 2.42. The van der Waals surface area contributed by atoms with Crippen molar-refractivity contribution in [2.24, 2.45) is 0 Å². The number of rotatable bonds is 2. The van der Waals surface area contributed by atoms with Gasteiger partial charge >= 0.3 is 0 Å². The van der Waals surface area contributed by atoms with Crippen molar-refractivity contribution in [1.29, 1.82) is 0 Å². The third kappa shape index (κ3) is 3.06. The van der Waals surface area contributed by atoms with E-state index in [1.165, 1.54) is 32.1 Å². The smallest absolute Gasteiger partial charge is 0.0702 e. The van der Waals surface area contributed by atoms with Crippen LogP contribution in [0.3, 0.4) is 0 Å². The van der Waals surface area contributed by atoms with Crippen molar-refractivity contribution < 1.29 is 4.74 Å². The van der Waals surface area contributed by atoms with Gasteiger partial charge in [0, 0.05) is 12.6 Å². The Kier molecular flexibility index (Phi) is 3.99. The third-order valence-corrected chi connectivity index (χ3v) is 4.82. The number of hydrogen-bond donors (Lipinski definition) is 1. The Balaban J connectivity index is 1.67. The van der Waals surface area contributed by atoms with Crippen molar-refractivity contribution in [3.05, 3.63) is 29.3 Å². The Morgan fingerprint density at radius 1 is 1.16 bits per heavy atom. The standard InChI is InChI=1S/C16H22ClNO/c17-14-6-2-3-7-15(14)18-13-8-11-19-16(12-13)9-4-1-5-10-16/h2-3,6-7,13,18H,1,4-5,8-12H2. The van der Waals surface area contributed by atoms with E-state index in [1.54, 1.807) is 0 Å². The van der Waals surface area contributed by atoms with Gasteiger partial charge in [-0.3, -0.25) is 0 Å². The first-order valence-corrected chi connectivity index (χ1v) is 7.80. The first-order chi connectivity index (χ1) is 9.27. The highest BCUT2D eigenvalue weighted by Crippen LogP contribution is 2.39. The van der Waals surface area contributed by atoms with Gasteiger partial charge < -0.3 is 10.1 Å². The second kappa shape index (κ2) is 5.72. The maximum atomic E-state index is 6.23. The monoisotopic (exact) mass is 279 g/mol. The summed E-state index contributed by atoms with van der Waals surface area (Å²) in [4.78, 5) is 0. The molecule has 1 aliphatic heterocycles. The van der Waals surface area contributed by atoms with Crippen LogP contribution in [0.25, 0.3) is 0 Å². The Labute approximate surface area is 120 Å². The lowest BCUT2D eigenvalue weighted by atomic mass is 9.78. The number of anilines is 1. The molecule has 1 N–H and O–H groups in total. The molecule has 0 aromatic heterocycles. The Morgan fingerprint density at radius 2 is 1.95 bits per heavy atom. The van der Waals surface area contributed by atoms with Gasteiger partial charge in [-0.25, -0.2) is 0 Å². The van der Waals surface area contributed by atoms with Gasteiger partial charge in [-0.05, 0) is 37.8 Å². The van der Waals surface area contributed by atoms with Gasteiger partial charge in [0.25, 0.3) is 0 Å². The number of benzene rings is 1. The van der Waals surface area contributed by atoms with E-state index in [0.29, 0.717) is 6.04 Å². The zero-order valence-corrected chi connectivity index (χ0v) is 12.1. The normalized spacial score (nSPS) is 26.3. The quantitative estimate of drug-likeness (QED) is 0.852. The van der Waals surface area contributed by atoms with E-state index in [-0.39, 0.29) is 5.60 Å². The number of para-hydroxylation sites is 1. The van der Waals surface area contributed by atoms with Crippen LogP contribution in [0.5, 0.6) is 0 Å². The van der Waals surface area contributed by atoms with Crippen LogP contribution >= 0.6 is 11.6 Å². The van der Waals surface area contributed by atoms with Crippen LogP contribution in [0.1, 0.15) is 44.9 Å². The molecule has 1 atom stereocenters. The SMILES string of the molecule is Clc1ccccc1NC1CCOC2(CCCCC2)C1. The minimum atomic E-state index is 0.148. The van der Waals surface area contributed by atoms with E-state index in [9.17, 15) is 0 Å². The Morgan fingerprint density at radius 3 is 2.74 bits per heavy atom. The fourth-order valence-corrected chi connectivity index (χ4v) is 3.68. The van der Waals surface area contributed by atoms with Crippen molar-refractivity contribution in [2.45, 2.75) is 56.6 Å². The van der Waals surface area contributed by atoms with Crippen molar-refractivity contribution in [2.75, 3.05) is 11.9 Å². The van der Waals surface area contributed by atoms with Crippen LogP contribution in [0.15, 0.2) is 24.3 Å². The lowest BCUT2D eigenvalue weighted by Gasteiger charge is -2.44. The van der Waals surface area contributed by atoms with Gasteiger partial charge in [-0.15, -0.1) is 0 Å². The second-order valence-electron chi connectivity index (χ2n) is 5.91. The molecule has 0 radical (unpaired) electrons. The van der Waals surface area contributed by atoms with Crippen LogP contribution in [-0.2, 0) is 4.74 Å². The van der Waals surface area contributed by atoms with Crippen LogP contribution in [0.2, 0.25) is 5.02 Å². The summed E-state index contributed by atoms with van der Waals surface area (Å²) in [6, 6.07) is 8.50. The molecule has 19 heavy (non-hydrogen) atoms. The summed E-state index contributed by atoms with van der Waals surface area (Å²) in [7, 11) is 0. The average molecular weight is 280 g/mol. The number of halogens is 1. The maximum absolute atomic E-state index is 6.23. The molecule has 1 saturated carbocycles. The molecule has 1 saturated heterocycles. The summed E-state index contributed by atoms with van der Waals surface area (Å²) < 4.78 is 6.13. The predicted molar refractivity (Wildman–Crippen MR) is 79.9 cm³/mol. The van der Waals surface area contributed by atoms with Crippen molar-refractivity contribution in [1.82, 2.24) is 0 Å². The molecule has 0 bridgehead atoms. The molecule has 0 amide bonds. The molecule has 1 aliphatic carbocycles. The lowest BCUT2D eigenvalue weighted by molar-refractivity contribution is -0.103. The lowest BCUT2D eigenvalue weighted by Crippen LogP contribution is -2.45. The van der Waals surface area contributed by atoms with Crippen LogP contribution in [0, 0.1) is 0 Å². The van der Waals surface area contributed by atoms with Gasteiger partial charge in [-0.1, -0.05) is 43.0 Å². The molecule has 104 valence electrons. The highest BCUT2D eigenvalue weighted by molar-refractivity contribution is 6.33. The number of nitrogens with one attached hydrogen (secondary N) is 1. The molecule has 1 aromatic carbocycles. The molecule has 3 heteroatoms. The van der Waals surface area contributed by atoms with E-state index in [0.717, 1.165) is 30.2 Å². The van der Waals surface area contributed by atoms with Gasteiger partial charge in [0.05, 0.1) is 16.3 Å². The van der Waals surface area contributed by atoms with Gasteiger partial charge in [0.2, 0.25) is 0 Å². The highest BCUT2D eigenvalue weighted by atomic mass is 35.5. The summed E-state index contributed by atoms with van der Waals surface area (Å²) in [5, 5.41) is 4.42. The van der Waals surface area contributed by atoms with Crippen molar-refractivity contribution >= 4 is 17.3 Å². The van der Waals surface area contributed by atoms with E-state index in [1.807, 2.05) is 18.2 Å². The summed E-state index contributed by atoms with van der Waals surface area (Å²) in [6.07, 6.45) is 8.66. The second-order valence-corrected chi connectivity index (χ2v) is 6.31. The van der Waals surface area contributed by atoms with Crippen LogP contribution in [0.4, 0.5) is 5.69 Å². The number of hydrogen-bond acceptors (Lipinski definition) is 2. The first kappa shape index (κ1) is 13.3. The fourth-order valence-electron chi connectivity index (χ4n) is 3.49. The minimum absolute atomic E-state index is 0.148. The largest absolute Gasteiger partial charge is 0.381 e. The summed E-state index contributed by atoms with van der Waals surface area (Å²) in [6.45, 7) is 0.877. The number of ether oxygens (including phenoxy) is 1. The van der Waals surface area contributed by atoms with Crippen molar-refractivity contribution in [3.8, 4) is 0 Å². The summed E-state index contributed by atoms with van der Waals surface area (Å²) in [5.74, 6) is 0. The molecular weight excluding hydrogens is 258 g/mol. The Hall–Kier alpha value is -0.730. The molecule has 1 spiro atoms. The summed E-state index contributed by atoms with van der Waals surface area (Å²) in [5.41, 5.74) is 1.21. The molecule has 3 rings (SSSR count). The fraction of sp³-hybridized carbons (Fsp3) is 0.625. The molecule has 1 unspecified atom stereocenters. The minimum Gasteiger partial charge on any atom is -0.381 e. The van der Waals surface area contributed by atoms with E-state index in [2.05, 4.69) is 11.4 Å². The molecule has 2 nitrogen and oxygen atoms in total. The van der Waals surface area contributed by atoms with E-state index >= 15 is 0 Å². The van der Waals surface area contributed by atoms with E-state index in [4.69, 9.17) is 16.3 Å². The third-order valence-electron chi connectivity index (χ3n) is 4.49.